The molecule has 0 aliphatic carbocycles. The molecule has 0 saturated carbocycles. The highest BCUT2D eigenvalue weighted by atomic mass is 79.9. The number of aromatic nitrogens is 1. The van der Waals surface area contributed by atoms with Crippen LogP contribution in [0.15, 0.2) is 22.0 Å². The van der Waals surface area contributed by atoms with Gasteiger partial charge in [0, 0.05) is 15.9 Å². The Morgan fingerprint density at radius 3 is 2.94 bits per heavy atom. The van der Waals surface area contributed by atoms with Crippen molar-refractivity contribution in [1.29, 1.82) is 0 Å². The summed E-state index contributed by atoms with van der Waals surface area (Å²) < 4.78 is 1.04. The second kappa shape index (κ2) is 5.12. The predicted octanol–water partition coefficient (Wildman–Crippen LogP) is 4.04. The van der Waals surface area contributed by atoms with Crippen molar-refractivity contribution >= 4 is 50.6 Å². The molecule has 0 atom stereocenters. The van der Waals surface area contributed by atoms with E-state index in [9.17, 15) is 4.79 Å². The first kappa shape index (κ1) is 12.5. The van der Waals surface area contributed by atoms with Gasteiger partial charge in [0.05, 0.1) is 15.4 Å². The van der Waals surface area contributed by atoms with Crippen LogP contribution in [0.1, 0.15) is 10.6 Å². The van der Waals surface area contributed by atoms with Crippen molar-refractivity contribution in [1.82, 2.24) is 4.98 Å². The zero-order chi connectivity index (χ0) is 12.4. The smallest absolute Gasteiger partial charge is 0.328 e. The number of aliphatic carboxylic acids is 1. The van der Waals surface area contributed by atoms with Crippen molar-refractivity contribution in [3.05, 3.63) is 32.6 Å². The van der Waals surface area contributed by atoms with E-state index in [-0.39, 0.29) is 0 Å². The van der Waals surface area contributed by atoms with E-state index in [2.05, 4.69) is 20.9 Å². The number of carboxylic acids is 1. The van der Waals surface area contributed by atoms with E-state index in [0.717, 1.165) is 31.0 Å². The van der Waals surface area contributed by atoms with Gasteiger partial charge in [-0.2, -0.15) is 0 Å². The Balaban J connectivity index is 2.33. The van der Waals surface area contributed by atoms with Crippen LogP contribution in [-0.2, 0) is 4.79 Å². The fraction of sp³-hybridized carbons (Fsp3) is 0.0909. The summed E-state index contributed by atoms with van der Waals surface area (Å²) in [7, 11) is 0. The lowest BCUT2D eigenvalue weighted by Gasteiger charge is -1.85. The minimum absolute atomic E-state index is 0.854. The van der Waals surface area contributed by atoms with E-state index in [0.29, 0.717) is 0 Å². The first-order valence-corrected chi connectivity index (χ1v) is 7.18. The van der Waals surface area contributed by atoms with Crippen LogP contribution in [0.2, 0.25) is 0 Å². The lowest BCUT2D eigenvalue weighted by molar-refractivity contribution is -0.131. The maximum Gasteiger partial charge on any atom is 0.328 e. The number of thiazole rings is 1. The third-order valence-corrected chi connectivity index (χ3v) is 4.97. The van der Waals surface area contributed by atoms with Gasteiger partial charge >= 0.3 is 5.97 Å². The Hall–Kier alpha value is -0.980. The zero-order valence-electron chi connectivity index (χ0n) is 8.81. The van der Waals surface area contributed by atoms with Crippen LogP contribution in [0.5, 0.6) is 0 Å². The molecule has 2 rings (SSSR count). The highest BCUT2D eigenvalue weighted by Crippen LogP contribution is 2.34. The summed E-state index contributed by atoms with van der Waals surface area (Å²) >= 11 is 6.51. The Labute approximate surface area is 115 Å². The van der Waals surface area contributed by atoms with E-state index >= 15 is 0 Å². The molecule has 6 heteroatoms. The molecule has 17 heavy (non-hydrogen) atoms. The molecule has 0 bridgehead atoms. The zero-order valence-corrected chi connectivity index (χ0v) is 12.0. The van der Waals surface area contributed by atoms with Crippen molar-refractivity contribution in [3.63, 3.8) is 0 Å². The monoisotopic (exact) mass is 329 g/mol. The van der Waals surface area contributed by atoms with Gasteiger partial charge in [-0.05, 0) is 35.0 Å². The van der Waals surface area contributed by atoms with Gasteiger partial charge in [-0.15, -0.1) is 22.7 Å². The average Bonchev–Trinajstić information content (AvgIpc) is 2.82. The highest BCUT2D eigenvalue weighted by Gasteiger charge is 2.09. The number of thiophene rings is 1. The molecule has 0 radical (unpaired) electrons. The van der Waals surface area contributed by atoms with Crippen molar-refractivity contribution in [2.75, 3.05) is 0 Å². The van der Waals surface area contributed by atoms with Crippen LogP contribution in [0, 0.1) is 6.92 Å². The molecule has 0 aromatic carbocycles. The third-order valence-electron chi connectivity index (χ3n) is 1.99. The van der Waals surface area contributed by atoms with Gasteiger partial charge < -0.3 is 5.11 Å². The largest absolute Gasteiger partial charge is 0.478 e. The standard InChI is InChI=1S/C11H8BrNO2S2/c1-6-8(2-3-10(14)15)17-11(13-6)9-4-7(12)5-16-9/h2-5H,1H3,(H,14,15)/b3-2+. The average molecular weight is 330 g/mol. The molecular formula is C11H8BrNO2S2. The second-order valence-electron chi connectivity index (χ2n) is 3.27. The minimum Gasteiger partial charge on any atom is -0.478 e. The number of aryl methyl sites for hydroxylation is 1. The van der Waals surface area contributed by atoms with Crippen LogP contribution >= 0.6 is 38.6 Å². The second-order valence-corrected chi connectivity index (χ2v) is 6.13. The Bertz CT molecular complexity index is 586. The van der Waals surface area contributed by atoms with Crippen LogP contribution in [0.4, 0.5) is 0 Å². The molecule has 2 aromatic rings. The van der Waals surface area contributed by atoms with Crippen LogP contribution in [0.25, 0.3) is 16.0 Å². The van der Waals surface area contributed by atoms with Crippen molar-refractivity contribution < 1.29 is 9.90 Å². The normalized spacial score (nSPS) is 11.2. The van der Waals surface area contributed by atoms with Crippen LogP contribution in [0.3, 0.4) is 0 Å². The summed E-state index contributed by atoms with van der Waals surface area (Å²) in [5.74, 6) is -0.946. The fourth-order valence-electron chi connectivity index (χ4n) is 1.24. The predicted molar refractivity (Wildman–Crippen MR) is 74.5 cm³/mol. The quantitative estimate of drug-likeness (QED) is 0.864. The number of carbonyl (C=O) groups is 1. The van der Waals surface area contributed by atoms with Crippen molar-refractivity contribution in [2.45, 2.75) is 6.92 Å². The molecule has 0 spiro atoms. The summed E-state index contributed by atoms with van der Waals surface area (Å²) in [6, 6.07) is 2.01. The minimum atomic E-state index is -0.946. The summed E-state index contributed by atoms with van der Waals surface area (Å²) in [5, 5.41) is 11.5. The fourth-order valence-corrected chi connectivity index (χ4v) is 3.70. The molecule has 2 heterocycles. The molecule has 1 N–H and O–H groups in total. The van der Waals surface area contributed by atoms with Gasteiger partial charge in [-0.25, -0.2) is 9.78 Å². The number of carboxylic acid groups (broad SMARTS) is 1. The van der Waals surface area contributed by atoms with E-state index in [1.165, 1.54) is 11.3 Å². The molecular weight excluding hydrogens is 322 g/mol. The number of hydrogen-bond donors (Lipinski definition) is 1. The number of rotatable bonds is 3. The van der Waals surface area contributed by atoms with Crippen molar-refractivity contribution in [2.24, 2.45) is 0 Å². The van der Waals surface area contributed by atoms with E-state index < -0.39 is 5.97 Å². The van der Waals surface area contributed by atoms with Crippen LogP contribution in [-0.4, -0.2) is 16.1 Å². The summed E-state index contributed by atoms with van der Waals surface area (Å²) in [6.45, 7) is 1.88. The van der Waals surface area contributed by atoms with E-state index in [4.69, 9.17) is 5.11 Å². The number of halogens is 1. The lowest BCUT2D eigenvalue weighted by atomic mass is 10.3. The number of hydrogen-bond acceptors (Lipinski definition) is 4. The highest BCUT2D eigenvalue weighted by molar-refractivity contribution is 9.10. The Morgan fingerprint density at radius 2 is 2.35 bits per heavy atom. The topological polar surface area (TPSA) is 50.2 Å². The van der Waals surface area contributed by atoms with Gasteiger partial charge in [-0.1, -0.05) is 0 Å². The molecule has 0 aliphatic heterocycles. The van der Waals surface area contributed by atoms with Crippen LogP contribution < -0.4 is 0 Å². The number of nitrogens with zero attached hydrogens (tertiary/aromatic N) is 1. The van der Waals surface area contributed by atoms with Gasteiger partial charge in [0.25, 0.3) is 0 Å². The Morgan fingerprint density at radius 1 is 1.59 bits per heavy atom. The van der Waals surface area contributed by atoms with Gasteiger partial charge in [0.1, 0.15) is 5.01 Å². The first-order chi connectivity index (χ1) is 8.06. The van der Waals surface area contributed by atoms with Crippen molar-refractivity contribution in [3.8, 4) is 9.88 Å². The molecule has 0 fully saturated rings. The van der Waals surface area contributed by atoms with Gasteiger partial charge in [0.2, 0.25) is 0 Å². The van der Waals surface area contributed by atoms with Gasteiger partial charge in [0.15, 0.2) is 0 Å². The SMILES string of the molecule is Cc1nc(-c2cc(Br)cs2)sc1/C=C/C(=O)O. The molecule has 0 aliphatic rings. The molecule has 0 unspecified atom stereocenters. The summed E-state index contributed by atoms with van der Waals surface area (Å²) in [6.07, 6.45) is 2.72. The van der Waals surface area contributed by atoms with E-state index in [1.807, 2.05) is 18.4 Å². The molecule has 3 nitrogen and oxygen atoms in total. The molecule has 88 valence electrons. The maximum absolute atomic E-state index is 10.5. The summed E-state index contributed by atoms with van der Waals surface area (Å²) in [4.78, 5) is 16.9. The molecule has 2 aromatic heterocycles. The summed E-state index contributed by atoms with van der Waals surface area (Å²) in [5.41, 5.74) is 0.854. The molecule has 0 amide bonds. The molecule has 0 saturated heterocycles. The Kier molecular flexibility index (Phi) is 3.76. The van der Waals surface area contributed by atoms with E-state index in [1.54, 1.807) is 17.4 Å². The van der Waals surface area contributed by atoms with Gasteiger partial charge in [-0.3, -0.25) is 0 Å². The maximum atomic E-state index is 10.5. The third kappa shape index (κ3) is 3.02. The lowest BCUT2D eigenvalue weighted by Crippen LogP contribution is -1.85. The first-order valence-electron chi connectivity index (χ1n) is 4.69.